The minimum atomic E-state index is -0.388. The molecule has 0 aliphatic carbocycles. The largest absolute Gasteiger partial charge is 0.391 e. The Labute approximate surface area is 119 Å². The topological polar surface area (TPSA) is 55.8 Å². The van der Waals surface area contributed by atoms with Crippen molar-refractivity contribution in [3.05, 3.63) is 23.8 Å². The molecule has 0 aromatic heterocycles. The van der Waals surface area contributed by atoms with Gasteiger partial charge in [0.1, 0.15) is 0 Å². The molecule has 5 heteroatoms. The normalized spacial score (nSPS) is 21.8. The average Bonchev–Trinajstić information content (AvgIpc) is 2.80. The Balaban J connectivity index is 1.68. The number of nitrogens with zero attached hydrogens (tertiary/aromatic N) is 2. The molecule has 0 saturated carbocycles. The number of rotatable bonds is 1. The molecule has 1 saturated heterocycles. The highest BCUT2D eigenvalue weighted by Gasteiger charge is 2.22. The van der Waals surface area contributed by atoms with Crippen molar-refractivity contribution in [2.24, 2.45) is 0 Å². The lowest BCUT2D eigenvalue weighted by atomic mass is 10.1. The molecule has 2 aliphatic rings. The maximum atomic E-state index is 12.2. The number of likely N-dealkylation sites (tertiary alicyclic amines) is 1. The van der Waals surface area contributed by atoms with Gasteiger partial charge in [-0.3, -0.25) is 0 Å². The summed E-state index contributed by atoms with van der Waals surface area (Å²) in [5, 5.41) is 12.6. The zero-order chi connectivity index (χ0) is 14.1. The SMILES string of the molecule is CN1CCc2ccc(NC(=O)N3CCCC(O)C3)cc21. The van der Waals surface area contributed by atoms with E-state index in [1.807, 2.05) is 12.1 Å². The van der Waals surface area contributed by atoms with Crippen molar-refractivity contribution in [3.63, 3.8) is 0 Å². The Bertz CT molecular complexity index is 518. The number of piperidine rings is 1. The van der Waals surface area contributed by atoms with Crippen molar-refractivity contribution in [1.29, 1.82) is 0 Å². The van der Waals surface area contributed by atoms with Gasteiger partial charge in [0.2, 0.25) is 0 Å². The summed E-state index contributed by atoms with van der Waals surface area (Å²) in [5.74, 6) is 0. The molecule has 1 atom stereocenters. The van der Waals surface area contributed by atoms with Crippen molar-refractivity contribution in [2.75, 3.05) is 36.9 Å². The molecule has 2 heterocycles. The second-order valence-electron chi connectivity index (χ2n) is 5.69. The molecule has 1 aromatic carbocycles. The summed E-state index contributed by atoms with van der Waals surface area (Å²) in [4.78, 5) is 16.1. The number of urea groups is 1. The molecule has 0 radical (unpaired) electrons. The third-order valence-corrected chi connectivity index (χ3v) is 4.15. The van der Waals surface area contributed by atoms with E-state index in [2.05, 4.69) is 23.3 Å². The number of anilines is 2. The number of benzene rings is 1. The van der Waals surface area contributed by atoms with Crippen molar-refractivity contribution >= 4 is 17.4 Å². The fourth-order valence-corrected chi connectivity index (χ4v) is 2.96. The second-order valence-corrected chi connectivity index (χ2v) is 5.69. The van der Waals surface area contributed by atoms with E-state index in [9.17, 15) is 9.90 Å². The number of carbonyl (C=O) groups is 1. The van der Waals surface area contributed by atoms with Crippen LogP contribution in [0.5, 0.6) is 0 Å². The van der Waals surface area contributed by atoms with Gasteiger partial charge in [-0.25, -0.2) is 4.79 Å². The number of hydrogen-bond acceptors (Lipinski definition) is 3. The van der Waals surface area contributed by atoms with Gasteiger partial charge < -0.3 is 20.2 Å². The van der Waals surface area contributed by atoms with Crippen LogP contribution < -0.4 is 10.2 Å². The van der Waals surface area contributed by atoms with Gasteiger partial charge in [0.15, 0.2) is 0 Å². The lowest BCUT2D eigenvalue weighted by Crippen LogP contribution is -2.44. The van der Waals surface area contributed by atoms with Crippen molar-refractivity contribution in [3.8, 4) is 0 Å². The molecule has 3 rings (SSSR count). The Morgan fingerprint density at radius 2 is 2.25 bits per heavy atom. The molecular formula is C15H21N3O2. The second kappa shape index (κ2) is 5.32. The molecule has 1 aromatic rings. The van der Waals surface area contributed by atoms with Crippen LogP contribution in [0, 0.1) is 0 Å². The smallest absolute Gasteiger partial charge is 0.321 e. The van der Waals surface area contributed by atoms with Crippen LogP contribution in [0.15, 0.2) is 18.2 Å². The van der Waals surface area contributed by atoms with Crippen molar-refractivity contribution < 1.29 is 9.90 Å². The van der Waals surface area contributed by atoms with Crippen LogP contribution in [0.1, 0.15) is 18.4 Å². The molecule has 0 bridgehead atoms. The summed E-state index contributed by atoms with van der Waals surface area (Å²) in [6, 6.07) is 5.94. The molecule has 20 heavy (non-hydrogen) atoms. The number of amides is 2. The summed E-state index contributed by atoms with van der Waals surface area (Å²) in [6.07, 6.45) is 2.33. The van der Waals surface area contributed by atoms with E-state index in [-0.39, 0.29) is 12.1 Å². The number of hydrogen-bond donors (Lipinski definition) is 2. The average molecular weight is 275 g/mol. The summed E-state index contributed by atoms with van der Waals surface area (Å²) in [5.41, 5.74) is 3.35. The summed E-state index contributed by atoms with van der Waals surface area (Å²) in [7, 11) is 2.07. The maximum Gasteiger partial charge on any atom is 0.321 e. The minimum absolute atomic E-state index is 0.121. The lowest BCUT2D eigenvalue weighted by molar-refractivity contribution is 0.0883. The van der Waals surface area contributed by atoms with Gasteiger partial charge in [-0.05, 0) is 37.0 Å². The predicted molar refractivity (Wildman–Crippen MR) is 79.2 cm³/mol. The number of nitrogens with one attached hydrogen (secondary N) is 1. The fourth-order valence-electron chi connectivity index (χ4n) is 2.96. The minimum Gasteiger partial charge on any atom is -0.391 e. The molecular weight excluding hydrogens is 254 g/mol. The molecule has 1 unspecified atom stereocenters. The number of β-amino-alcohol motifs (C(OH)–C–C–N with tert-alkyl or cyclic N) is 1. The summed E-state index contributed by atoms with van der Waals surface area (Å²) < 4.78 is 0. The predicted octanol–water partition coefficient (Wildman–Crippen LogP) is 1.67. The quantitative estimate of drug-likeness (QED) is 0.819. The number of fused-ring (bicyclic) bond motifs is 1. The van der Waals surface area contributed by atoms with Crippen molar-refractivity contribution in [1.82, 2.24) is 4.90 Å². The van der Waals surface area contributed by atoms with E-state index < -0.39 is 0 Å². The lowest BCUT2D eigenvalue weighted by Gasteiger charge is -2.30. The van der Waals surface area contributed by atoms with Gasteiger partial charge in [0, 0.05) is 38.1 Å². The van der Waals surface area contributed by atoms with Crippen LogP contribution in [-0.4, -0.2) is 48.8 Å². The third kappa shape index (κ3) is 2.58. The standard InChI is InChI=1S/C15H21N3O2/c1-17-8-6-11-4-5-12(9-14(11)17)16-15(20)18-7-2-3-13(19)10-18/h4-5,9,13,19H,2-3,6-8,10H2,1H3,(H,16,20). The van der Waals surface area contributed by atoms with Crippen LogP contribution in [0.4, 0.5) is 16.2 Å². The molecule has 1 fully saturated rings. The van der Waals surface area contributed by atoms with E-state index in [1.165, 1.54) is 11.3 Å². The van der Waals surface area contributed by atoms with E-state index in [1.54, 1.807) is 4.90 Å². The van der Waals surface area contributed by atoms with Gasteiger partial charge in [-0.15, -0.1) is 0 Å². The first-order valence-electron chi connectivity index (χ1n) is 7.21. The molecule has 2 N–H and O–H groups in total. The first-order valence-corrected chi connectivity index (χ1v) is 7.21. The van der Waals surface area contributed by atoms with Gasteiger partial charge in [0.25, 0.3) is 0 Å². The van der Waals surface area contributed by atoms with Crippen LogP contribution in [0.2, 0.25) is 0 Å². The van der Waals surface area contributed by atoms with Crippen LogP contribution >= 0.6 is 0 Å². The first-order chi connectivity index (χ1) is 9.63. The van der Waals surface area contributed by atoms with E-state index in [4.69, 9.17) is 0 Å². The number of likely N-dealkylation sites (N-methyl/N-ethyl adjacent to an activating group) is 1. The Hall–Kier alpha value is -1.75. The fraction of sp³-hybridized carbons (Fsp3) is 0.533. The Morgan fingerprint density at radius 3 is 3.05 bits per heavy atom. The highest BCUT2D eigenvalue weighted by atomic mass is 16.3. The van der Waals surface area contributed by atoms with Crippen LogP contribution in [-0.2, 0) is 6.42 Å². The number of aliphatic hydroxyl groups excluding tert-OH is 1. The van der Waals surface area contributed by atoms with Crippen LogP contribution in [0.3, 0.4) is 0 Å². The van der Waals surface area contributed by atoms with Crippen LogP contribution in [0.25, 0.3) is 0 Å². The van der Waals surface area contributed by atoms with Gasteiger partial charge >= 0.3 is 6.03 Å². The zero-order valence-electron chi connectivity index (χ0n) is 11.8. The molecule has 5 nitrogen and oxygen atoms in total. The number of aliphatic hydroxyl groups is 1. The summed E-state index contributed by atoms with van der Waals surface area (Å²) >= 11 is 0. The van der Waals surface area contributed by atoms with E-state index in [0.717, 1.165) is 31.5 Å². The highest BCUT2D eigenvalue weighted by Crippen LogP contribution is 2.29. The molecule has 2 aliphatic heterocycles. The van der Waals surface area contributed by atoms with Gasteiger partial charge in [-0.1, -0.05) is 6.07 Å². The first kappa shape index (κ1) is 13.2. The zero-order valence-corrected chi connectivity index (χ0v) is 11.8. The molecule has 2 amide bonds. The van der Waals surface area contributed by atoms with Gasteiger partial charge in [0.05, 0.1) is 6.10 Å². The Kier molecular flexibility index (Phi) is 3.53. The summed E-state index contributed by atoms with van der Waals surface area (Å²) in [6.45, 7) is 2.18. The van der Waals surface area contributed by atoms with Gasteiger partial charge in [-0.2, -0.15) is 0 Å². The van der Waals surface area contributed by atoms with E-state index >= 15 is 0 Å². The molecule has 108 valence electrons. The monoisotopic (exact) mass is 275 g/mol. The number of carbonyl (C=O) groups excluding carboxylic acids is 1. The Morgan fingerprint density at radius 1 is 1.40 bits per heavy atom. The maximum absolute atomic E-state index is 12.2. The third-order valence-electron chi connectivity index (χ3n) is 4.15. The van der Waals surface area contributed by atoms with Crippen molar-refractivity contribution in [2.45, 2.75) is 25.4 Å². The highest BCUT2D eigenvalue weighted by molar-refractivity contribution is 5.90. The van der Waals surface area contributed by atoms with E-state index in [0.29, 0.717) is 13.1 Å². The molecule has 0 spiro atoms.